The van der Waals surface area contributed by atoms with Crippen molar-refractivity contribution in [2.24, 2.45) is 0 Å². The van der Waals surface area contributed by atoms with Gasteiger partial charge in [0.1, 0.15) is 0 Å². The Morgan fingerprint density at radius 2 is 2.40 bits per heavy atom. The Kier molecular flexibility index (Phi) is 5.23. The van der Waals surface area contributed by atoms with Gasteiger partial charge in [0.2, 0.25) is 5.91 Å². The van der Waals surface area contributed by atoms with Crippen molar-refractivity contribution in [2.45, 2.75) is 19.6 Å². The van der Waals surface area contributed by atoms with Gasteiger partial charge in [-0.25, -0.2) is 0 Å². The fourth-order valence-corrected chi connectivity index (χ4v) is 2.32. The first-order valence-electron chi connectivity index (χ1n) is 6.62. The van der Waals surface area contributed by atoms with Gasteiger partial charge < -0.3 is 20.1 Å². The van der Waals surface area contributed by atoms with Crippen LogP contribution in [-0.2, 0) is 16.1 Å². The number of hydrogen-bond donors (Lipinski definition) is 2. The number of halogens is 1. The van der Waals surface area contributed by atoms with Crippen LogP contribution in [0, 0.1) is 0 Å². The molecule has 1 aromatic rings. The fourth-order valence-electron chi connectivity index (χ4n) is 2.13. The Balaban J connectivity index is 1.92. The average molecular weight is 299 g/mol. The lowest BCUT2D eigenvalue weighted by Gasteiger charge is -2.31. The highest BCUT2D eigenvalue weighted by Crippen LogP contribution is 2.23. The van der Waals surface area contributed by atoms with E-state index in [-0.39, 0.29) is 25.2 Å². The molecule has 0 bridgehead atoms. The molecule has 2 rings (SSSR count). The lowest BCUT2D eigenvalue weighted by molar-refractivity contribution is -0.136. The first-order valence-corrected chi connectivity index (χ1v) is 7.00. The molecule has 0 saturated carbocycles. The van der Waals surface area contributed by atoms with Crippen molar-refractivity contribution in [3.63, 3.8) is 0 Å². The molecule has 2 N–H and O–H groups in total. The zero-order valence-corrected chi connectivity index (χ0v) is 12.2. The van der Waals surface area contributed by atoms with Crippen LogP contribution in [0.4, 0.5) is 5.69 Å². The van der Waals surface area contributed by atoms with Gasteiger partial charge in [0.15, 0.2) is 0 Å². The molecule has 1 aliphatic heterocycles. The number of hydrogen-bond acceptors (Lipinski definition) is 4. The standard InChI is InChI=1S/C14H19ClN2O3/c1-10-8-17(4-5-20-10)14(19)7-16-13-6-11(9-18)2-3-12(13)15/h2-3,6,10,16,18H,4-5,7-9H2,1H3. The van der Waals surface area contributed by atoms with Gasteiger partial charge in [-0.1, -0.05) is 17.7 Å². The van der Waals surface area contributed by atoms with E-state index in [1.54, 1.807) is 23.1 Å². The number of aliphatic hydroxyl groups excluding tert-OH is 1. The molecule has 20 heavy (non-hydrogen) atoms. The second-order valence-corrected chi connectivity index (χ2v) is 5.25. The third-order valence-electron chi connectivity index (χ3n) is 3.24. The number of amides is 1. The summed E-state index contributed by atoms with van der Waals surface area (Å²) in [5.41, 5.74) is 1.41. The van der Waals surface area contributed by atoms with Crippen molar-refractivity contribution in [2.75, 3.05) is 31.6 Å². The predicted octanol–water partition coefficient (Wildman–Crippen LogP) is 1.49. The molecule has 1 aromatic carbocycles. The van der Waals surface area contributed by atoms with Gasteiger partial charge in [0, 0.05) is 13.1 Å². The molecule has 0 aromatic heterocycles. The van der Waals surface area contributed by atoms with E-state index in [0.29, 0.717) is 30.4 Å². The summed E-state index contributed by atoms with van der Waals surface area (Å²) in [5.74, 6) is 0.0191. The summed E-state index contributed by atoms with van der Waals surface area (Å²) in [6.45, 7) is 3.89. The number of nitrogens with zero attached hydrogens (tertiary/aromatic N) is 1. The second kappa shape index (κ2) is 6.92. The SMILES string of the molecule is CC1CN(C(=O)CNc2cc(CO)ccc2Cl)CCO1. The third-order valence-corrected chi connectivity index (χ3v) is 3.57. The number of anilines is 1. The van der Waals surface area contributed by atoms with Gasteiger partial charge in [-0.05, 0) is 24.6 Å². The maximum absolute atomic E-state index is 12.1. The molecule has 1 heterocycles. The van der Waals surface area contributed by atoms with Gasteiger partial charge in [-0.2, -0.15) is 0 Å². The van der Waals surface area contributed by atoms with Crippen molar-refractivity contribution in [1.82, 2.24) is 4.90 Å². The monoisotopic (exact) mass is 298 g/mol. The van der Waals surface area contributed by atoms with Crippen LogP contribution in [0.2, 0.25) is 5.02 Å². The first-order chi connectivity index (χ1) is 9.60. The highest BCUT2D eigenvalue weighted by atomic mass is 35.5. The van der Waals surface area contributed by atoms with Crippen molar-refractivity contribution >= 4 is 23.2 Å². The maximum Gasteiger partial charge on any atom is 0.242 e. The average Bonchev–Trinajstić information content (AvgIpc) is 2.46. The van der Waals surface area contributed by atoms with Gasteiger partial charge in [0.05, 0.1) is 36.6 Å². The molecule has 1 amide bonds. The number of ether oxygens (including phenoxy) is 1. The number of morpholine rings is 1. The molecule has 5 nitrogen and oxygen atoms in total. The summed E-state index contributed by atoms with van der Waals surface area (Å²) in [6.07, 6.45) is 0.0778. The van der Waals surface area contributed by atoms with Crippen molar-refractivity contribution in [3.05, 3.63) is 28.8 Å². The topological polar surface area (TPSA) is 61.8 Å². The zero-order valence-electron chi connectivity index (χ0n) is 11.4. The minimum atomic E-state index is -0.0548. The summed E-state index contributed by atoms with van der Waals surface area (Å²) in [6, 6.07) is 5.20. The second-order valence-electron chi connectivity index (χ2n) is 4.85. The van der Waals surface area contributed by atoms with Crippen LogP contribution in [0.1, 0.15) is 12.5 Å². The minimum Gasteiger partial charge on any atom is -0.392 e. The largest absolute Gasteiger partial charge is 0.392 e. The Labute approximate surface area is 123 Å². The molecule has 1 fully saturated rings. The van der Waals surface area contributed by atoms with Gasteiger partial charge in [-0.3, -0.25) is 4.79 Å². The van der Waals surface area contributed by atoms with E-state index < -0.39 is 0 Å². The molecule has 0 aliphatic carbocycles. The van der Waals surface area contributed by atoms with Crippen molar-refractivity contribution in [1.29, 1.82) is 0 Å². The molecule has 6 heteroatoms. The third kappa shape index (κ3) is 3.85. The minimum absolute atomic E-state index is 0.0191. The van der Waals surface area contributed by atoms with Crippen molar-refractivity contribution < 1.29 is 14.6 Å². The molecule has 0 radical (unpaired) electrons. The first kappa shape index (κ1) is 15.1. The van der Waals surface area contributed by atoms with Crippen LogP contribution < -0.4 is 5.32 Å². The van der Waals surface area contributed by atoms with E-state index in [1.807, 2.05) is 6.92 Å². The van der Waals surface area contributed by atoms with Gasteiger partial charge in [0.25, 0.3) is 0 Å². The smallest absolute Gasteiger partial charge is 0.242 e. The molecular weight excluding hydrogens is 280 g/mol. The molecule has 0 spiro atoms. The van der Waals surface area contributed by atoms with E-state index in [4.69, 9.17) is 21.4 Å². The molecule has 1 aliphatic rings. The Bertz CT molecular complexity index is 481. The van der Waals surface area contributed by atoms with E-state index >= 15 is 0 Å². The van der Waals surface area contributed by atoms with Crippen LogP contribution >= 0.6 is 11.6 Å². The van der Waals surface area contributed by atoms with Crippen LogP contribution in [0.5, 0.6) is 0 Å². The van der Waals surface area contributed by atoms with E-state index in [9.17, 15) is 4.79 Å². The van der Waals surface area contributed by atoms with E-state index in [1.165, 1.54) is 0 Å². The summed E-state index contributed by atoms with van der Waals surface area (Å²) in [7, 11) is 0. The zero-order chi connectivity index (χ0) is 14.5. The molecule has 1 saturated heterocycles. The number of benzene rings is 1. The summed E-state index contributed by atoms with van der Waals surface area (Å²) >= 11 is 6.06. The van der Waals surface area contributed by atoms with Crippen LogP contribution in [-0.4, -0.2) is 48.3 Å². The normalized spacial score (nSPS) is 18.9. The number of carbonyl (C=O) groups is 1. The number of rotatable bonds is 4. The molecule has 1 atom stereocenters. The van der Waals surface area contributed by atoms with Crippen LogP contribution in [0.25, 0.3) is 0 Å². The quantitative estimate of drug-likeness (QED) is 0.884. The molecule has 1 unspecified atom stereocenters. The maximum atomic E-state index is 12.1. The molecule has 110 valence electrons. The fraction of sp³-hybridized carbons (Fsp3) is 0.500. The Hall–Kier alpha value is -1.30. The van der Waals surface area contributed by atoms with Crippen LogP contribution in [0.15, 0.2) is 18.2 Å². The number of nitrogens with one attached hydrogen (secondary N) is 1. The van der Waals surface area contributed by atoms with Gasteiger partial charge in [-0.15, -0.1) is 0 Å². The van der Waals surface area contributed by atoms with E-state index in [2.05, 4.69) is 5.32 Å². The number of carbonyl (C=O) groups excluding carboxylic acids is 1. The molecular formula is C14H19ClN2O3. The Morgan fingerprint density at radius 1 is 1.60 bits per heavy atom. The van der Waals surface area contributed by atoms with Crippen LogP contribution in [0.3, 0.4) is 0 Å². The van der Waals surface area contributed by atoms with Gasteiger partial charge >= 0.3 is 0 Å². The lowest BCUT2D eigenvalue weighted by Crippen LogP contribution is -2.46. The predicted molar refractivity (Wildman–Crippen MR) is 77.9 cm³/mol. The van der Waals surface area contributed by atoms with E-state index in [0.717, 1.165) is 5.56 Å². The summed E-state index contributed by atoms with van der Waals surface area (Å²) in [4.78, 5) is 13.9. The van der Waals surface area contributed by atoms with Crippen molar-refractivity contribution in [3.8, 4) is 0 Å². The lowest BCUT2D eigenvalue weighted by atomic mass is 10.2. The Morgan fingerprint density at radius 3 is 3.10 bits per heavy atom. The summed E-state index contributed by atoms with van der Waals surface area (Å²) < 4.78 is 5.41. The summed E-state index contributed by atoms with van der Waals surface area (Å²) in [5, 5.41) is 12.7. The number of aliphatic hydroxyl groups is 1. The highest BCUT2D eigenvalue weighted by Gasteiger charge is 2.21. The highest BCUT2D eigenvalue weighted by molar-refractivity contribution is 6.33.